The Morgan fingerprint density at radius 3 is 2.59 bits per heavy atom. The summed E-state index contributed by atoms with van der Waals surface area (Å²) in [6, 6.07) is 0.203. The summed E-state index contributed by atoms with van der Waals surface area (Å²) in [5, 5.41) is 2.60. The van der Waals surface area contributed by atoms with E-state index < -0.39 is 13.0 Å². The maximum atomic E-state index is 12.3. The minimum Gasteiger partial charge on any atom is -0.470 e. The Morgan fingerprint density at radius 1 is 1.31 bits per heavy atom. The van der Waals surface area contributed by atoms with Gasteiger partial charge in [-0.25, -0.2) is 13.8 Å². The number of carbonyl (C=O) groups is 1. The van der Waals surface area contributed by atoms with Gasteiger partial charge in [0.15, 0.2) is 6.61 Å². The van der Waals surface area contributed by atoms with Crippen LogP contribution in [0.2, 0.25) is 5.02 Å². The van der Waals surface area contributed by atoms with Crippen molar-refractivity contribution in [1.29, 1.82) is 0 Å². The molecule has 1 fully saturated rings. The molecule has 1 aliphatic carbocycles. The summed E-state index contributed by atoms with van der Waals surface area (Å²) >= 11 is 6.24. The van der Waals surface area contributed by atoms with E-state index in [9.17, 15) is 18.1 Å². The van der Waals surface area contributed by atoms with E-state index in [1.54, 1.807) is 18.5 Å². The van der Waals surface area contributed by atoms with Gasteiger partial charge in [-0.15, -0.1) is 0 Å². The van der Waals surface area contributed by atoms with Crippen LogP contribution < -0.4 is 14.8 Å². The first kappa shape index (κ1) is 26.0. The Labute approximate surface area is 189 Å². The number of carbonyl (C=O) groups excluding carboxylic acids is 1. The standard InChI is InChI=1S/C15H18ClF2N3O2.C5H10FNO2/c1-21-13-10(7-19-14(12(13)16)22-8-11(17)18)20-15(21)23-9-5-3-2-4-6-9;1-4(3-9-6)7-5(2)8/h7,9,11H,2-6,8H2,1H3;4H,3H2,1-2H3,(H,7,8). The first-order valence-corrected chi connectivity index (χ1v) is 10.7. The number of halogens is 4. The van der Waals surface area contributed by atoms with E-state index >= 15 is 0 Å². The highest BCUT2D eigenvalue weighted by Crippen LogP contribution is 2.33. The maximum absolute atomic E-state index is 12.3. The highest BCUT2D eigenvalue weighted by Gasteiger charge is 2.21. The van der Waals surface area contributed by atoms with Gasteiger partial charge >= 0.3 is 0 Å². The topological polar surface area (TPSA) is 87.5 Å². The predicted octanol–water partition coefficient (Wildman–Crippen LogP) is 4.39. The molecule has 8 nitrogen and oxygen atoms in total. The Morgan fingerprint density at radius 2 is 2.00 bits per heavy atom. The molecule has 1 aliphatic rings. The van der Waals surface area contributed by atoms with Gasteiger partial charge in [-0.3, -0.25) is 9.36 Å². The third kappa shape index (κ3) is 7.70. The molecule has 2 aromatic rings. The number of nitrogens with zero attached hydrogens (tertiary/aromatic N) is 3. The van der Waals surface area contributed by atoms with Crippen molar-refractivity contribution in [2.75, 3.05) is 13.2 Å². The molecular weight excluding hydrogens is 453 g/mol. The number of nitrogens with one attached hydrogen (secondary N) is 1. The third-order valence-corrected chi connectivity index (χ3v) is 5.05. The van der Waals surface area contributed by atoms with Crippen molar-refractivity contribution in [1.82, 2.24) is 19.9 Å². The molecule has 0 saturated heterocycles. The van der Waals surface area contributed by atoms with Gasteiger partial charge in [0.2, 0.25) is 11.8 Å². The van der Waals surface area contributed by atoms with E-state index in [1.807, 2.05) is 0 Å². The van der Waals surface area contributed by atoms with Crippen LogP contribution in [0.25, 0.3) is 11.0 Å². The van der Waals surface area contributed by atoms with E-state index in [0.717, 1.165) is 25.7 Å². The number of alkyl halides is 2. The van der Waals surface area contributed by atoms with Crippen molar-refractivity contribution in [2.24, 2.45) is 7.05 Å². The molecule has 1 amide bonds. The lowest BCUT2D eigenvalue weighted by Crippen LogP contribution is -2.33. The first-order valence-electron chi connectivity index (χ1n) is 10.3. The third-order valence-electron chi connectivity index (χ3n) is 4.71. The van der Waals surface area contributed by atoms with E-state index in [0.29, 0.717) is 17.0 Å². The van der Waals surface area contributed by atoms with Crippen molar-refractivity contribution >= 4 is 28.5 Å². The average molecular weight is 481 g/mol. The van der Waals surface area contributed by atoms with Gasteiger partial charge in [-0.05, 0) is 37.1 Å². The molecule has 3 rings (SSSR count). The number of hydrogen-bond donors (Lipinski definition) is 1. The summed E-state index contributed by atoms with van der Waals surface area (Å²) in [4.78, 5) is 21.9. The lowest BCUT2D eigenvalue weighted by atomic mass is 9.98. The second-order valence-electron chi connectivity index (χ2n) is 7.52. The van der Waals surface area contributed by atoms with Gasteiger partial charge < -0.3 is 14.8 Å². The van der Waals surface area contributed by atoms with E-state index in [2.05, 4.69) is 20.2 Å². The van der Waals surface area contributed by atoms with Gasteiger partial charge in [0.25, 0.3) is 12.4 Å². The van der Waals surface area contributed by atoms with Crippen LogP contribution in [-0.4, -0.2) is 52.2 Å². The molecule has 1 saturated carbocycles. The lowest BCUT2D eigenvalue weighted by Gasteiger charge is -2.22. The zero-order chi connectivity index (χ0) is 23.7. The summed E-state index contributed by atoms with van der Waals surface area (Å²) in [5.41, 5.74) is 1.12. The van der Waals surface area contributed by atoms with E-state index in [4.69, 9.17) is 21.1 Å². The van der Waals surface area contributed by atoms with Gasteiger partial charge in [0, 0.05) is 14.0 Å². The number of rotatable bonds is 8. The average Bonchev–Trinajstić information content (AvgIpc) is 3.04. The minimum absolute atomic E-state index is 0.0216. The molecule has 0 bridgehead atoms. The fraction of sp³-hybridized carbons (Fsp3) is 0.650. The van der Waals surface area contributed by atoms with Gasteiger partial charge in [0.05, 0.1) is 17.8 Å². The first-order chi connectivity index (χ1) is 15.2. The number of aromatic nitrogens is 3. The number of amides is 1. The van der Waals surface area contributed by atoms with Crippen LogP contribution in [0.5, 0.6) is 11.9 Å². The molecule has 180 valence electrons. The molecule has 2 aromatic heterocycles. The van der Waals surface area contributed by atoms with Crippen LogP contribution in [0.4, 0.5) is 13.3 Å². The van der Waals surface area contributed by atoms with Crippen molar-refractivity contribution in [2.45, 2.75) is 64.5 Å². The maximum Gasteiger partial charge on any atom is 0.297 e. The lowest BCUT2D eigenvalue weighted by molar-refractivity contribution is -0.141. The van der Waals surface area contributed by atoms with Crippen LogP contribution in [0.15, 0.2) is 6.20 Å². The van der Waals surface area contributed by atoms with Gasteiger partial charge in [0.1, 0.15) is 23.3 Å². The molecule has 1 N–H and O–H groups in total. The normalized spacial score (nSPS) is 15.2. The molecular formula is C20H28ClF3N4O4. The molecule has 0 aliphatic heterocycles. The summed E-state index contributed by atoms with van der Waals surface area (Å²) in [6.07, 6.45) is 4.60. The molecule has 2 heterocycles. The second kappa shape index (κ2) is 12.7. The smallest absolute Gasteiger partial charge is 0.297 e. The van der Waals surface area contributed by atoms with Crippen LogP contribution in [-0.2, 0) is 16.8 Å². The molecule has 1 atom stereocenters. The molecule has 12 heteroatoms. The summed E-state index contributed by atoms with van der Waals surface area (Å²) in [6.45, 7) is 2.18. The number of ether oxygens (including phenoxy) is 2. The zero-order valence-corrected chi connectivity index (χ0v) is 19.0. The van der Waals surface area contributed by atoms with Crippen molar-refractivity contribution < 1.29 is 32.5 Å². The van der Waals surface area contributed by atoms with Crippen molar-refractivity contribution in [3.05, 3.63) is 11.2 Å². The van der Waals surface area contributed by atoms with E-state index in [1.165, 1.54) is 19.5 Å². The highest BCUT2D eigenvalue weighted by atomic mass is 35.5. The molecule has 0 spiro atoms. The second-order valence-corrected chi connectivity index (χ2v) is 7.90. The Hall–Kier alpha value is -2.27. The van der Waals surface area contributed by atoms with Gasteiger partial charge in [-0.1, -0.05) is 18.0 Å². The van der Waals surface area contributed by atoms with Crippen LogP contribution in [0, 0.1) is 0 Å². The Bertz CT molecular complexity index is 878. The summed E-state index contributed by atoms with van der Waals surface area (Å²) in [5.74, 6) is -0.203. The molecule has 1 unspecified atom stereocenters. The van der Waals surface area contributed by atoms with E-state index in [-0.39, 0.29) is 35.6 Å². The van der Waals surface area contributed by atoms with Crippen molar-refractivity contribution in [3.8, 4) is 11.9 Å². The minimum atomic E-state index is -2.58. The van der Waals surface area contributed by atoms with Crippen LogP contribution >= 0.6 is 11.6 Å². The quantitative estimate of drug-likeness (QED) is 0.603. The Kier molecular flexibility index (Phi) is 10.3. The van der Waals surface area contributed by atoms with Gasteiger partial charge in [-0.2, -0.15) is 9.93 Å². The zero-order valence-electron chi connectivity index (χ0n) is 18.2. The largest absolute Gasteiger partial charge is 0.470 e. The molecule has 0 radical (unpaired) electrons. The fourth-order valence-electron chi connectivity index (χ4n) is 3.29. The van der Waals surface area contributed by atoms with Crippen LogP contribution in [0.1, 0.15) is 46.0 Å². The number of hydrogen-bond acceptors (Lipinski definition) is 6. The molecule has 0 aromatic carbocycles. The number of pyridine rings is 1. The number of aryl methyl sites for hydroxylation is 1. The van der Waals surface area contributed by atoms with Crippen molar-refractivity contribution in [3.63, 3.8) is 0 Å². The highest BCUT2D eigenvalue weighted by molar-refractivity contribution is 6.36. The Balaban J connectivity index is 0.000000344. The number of imidazole rings is 1. The number of fused-ring (bicyclic) bond motifs is 1. The SMILES string of the molecule is CC(=O)NC(C)COF.Cn1c(OC2CCCCC2)nc2cnc(OCC(F)F)c(Cl)c21. The van der Waals surface area contributed by atoms with Crippen LogP contribution in [0.3, 0.4) is 0 Å². The summed E-state index contributed by atoms with van der Waals surface area (Å²) in [7, 11) is 1.77. The predicted molar refractivity (Wildman–Crippen MR) is 113 cm³/mol. The molecule has 32 heavy (non-hydrogen) atoms. The monoisotopic (exact) mass is 480 g/mol. The summed E-state index contributed by atoms with van der Waals surface area (Å²) < 4.78 is 48.2. The fourth-order valence-corrected chi connectivity index (χ4v) is 3.62.